The van der Waals surface area contributed by atoms with Crippen molar-refractivity contribution in [2.45, 2.75) is 17.7 Å². The Morgan fingerprint density at radius 2 is 1.88 bits per heavy atom. The van der Waals surface area contributed by atoms with Gasteiger partial charge in [-0.05, 0) is 48.6 Å². The van der Waals surface area contributed by atoms with Crippen LogP contribution in [0.5, 0.6) is 0 Å². The minimum Gasteiger partial charge on any atom is -0.356 e. The van der Waals surface area contributed by atoms with Crippen LogP contribution in [-0.4, -0.2) is 36.8 Å². The number of pyridine rings is 1. The second-order valence-corrected chi connectivity index (χ2v) is 6.32. The summed E-state index contributed by atoms with van der Waals surface area (Å²) in [5.41, 5.74) is 1.07. The molecular formula is C18H24FIN4S. The number of hydrogen-bond acceptors (Lipinski definition) is 3. The Hall–Kier alpha value is -1.35. The van der Waals surface area contributed by atoms with Gasteiger partial charge in [-0.1, -0.05) is 6.07 Å². The SMILES string of the molecule is CN=C(NCCCSc1ccc(F)cc1)NCCc1ccccn1.I. The first-order valence-electron chi connectivity index (χ1n) is 8.01. The maximum absolute atomic E-state index is 12.8. The molecule has 0 atom stereocenters. The second kappa shape index (κ2) is 12.9. The number of aromatic nitrogens is 1. The molecule has 2 N–H and O–H groups in total. The van der Waals surface area contributed by atoms with Gasteiger partial charge >= 0.3 is 0 Å². The van der Waals surface area contributed by atoms with Crippen LogP contribution in [-0.2, 0) is 6.42 Å². The van der Waals surface area contributed by atoms with Crippen LogP contribution < -0.4 is 10.6 Å². The van der Waals surface area contributed by atoms with Crippen molar-refractivity contribution in [1.29, 1.82) is 0 Å². The smallest absolute Gasteiger partial charge is 0.190 e. The summed E-state index contributed by atoms with van der Waals surface area (Å²) in [6.07, 6.45) is 3.67. The molecule has 0 unspecified atom stereocenters. The summed E-state index contributed by atoms with van der Waals surface area (Å²) in [6.45, 7) is 1.64. The average molecular weight is 474 g/mol. The molecule has 0 aliphatic heterocycles. The molecule has 0 spiro atoms. The Morgan fingerprint density at radius 1 is 1.12 bits per heavy atom. The molecule has 25 heavy (non-hydrogen) atoms. The number of rotatable bonds is 8. The summed E-state index contributed by atoms with van der Waals surface area (Å²) in [5.74, 6) is 1.59. The number of aliphatic imine (C=N–C) groups is 1. The number of thioether (sulfide) groups is 1. The molecule has 0 saturated carbocycles. The Bertz CT molecular complexity index is 623. The third-order valence-electron chi connectivity index (χ3n) is 3.32. The van der Waals surface area contributed by atoms with Gasteiger partial charge in [0.25, 0.3) is 0 Å². The Kier molecular flexibility index (Phi) is 11.2. The van der Waals surface area contributed by atoms with Gasteiger partial charge in [-0.25, -0.2) is 4.39 Å². The van der Waals surface area contributed by atoms with Crippen molar-refractivity contribution in [1.82, 2.24) is 15.6 Å². The molecule has 1 aromatic carbocycles. The van der Waals surface area contributed by atoms with E-state index in [1.54, 1.807) is 25.0 Å². The molecule has 0 fully saturated rings. The Balaban J connectivity index is 0.00000312. The average Bonchev–Trinajstić information content (AvgIpc) is 2.62. The third kappa shape index (κ3) is 9.06. The van der Waals surface area contributed by atoms with Crippen LogP contribution in [0.15, 0.2) is 58.5 Å². The molecule has 1 heterocycles. The van der Waals surface area contributed by atoms with Crippen LogP contribution in [0.25, 0.3) is 0 Å². The molecule has 7 heteroatoms. The molecular weight excluding hydrogens is 450 g/mol. The third-order valence-corrected chi connectivity index (χ3v) is 4.42. The van der Waals surface area contributed by atoms with Gasteiger partial charge in [0, 0.05) is 43.3 Å². The fourth-order valence-electron chi connectivity index (χ4n) is 2.08. The second-order valence-electron chi connectivity index (χ2n) is 5.15. The van der Waals surface area contributed by atoms with E-state index in [1.807, 2.05) is 30.3 Å². The van der Waals surface area contributed by atoms with E-state index in [1.165, 1.54) is 12.1 Å². The minimum atomic E-state index is -0.193. The van der Waals surface area contributed by atoms with Gasteiger partial charge in [-0.15, -0.1) is 35.7 Å². The molecule has 2 aromatic rings. The fraction of sp³-hybridized carbons (Fsp3) is 0.333. The van der Waals surface area contributed by atoms with Gasteiger partial charge in [0.1, 0.15) is 5.82 Å². The lowest BCUT2D eigenvalue weighted by atomic mass is 10.3. The predicted molar refractivity (Wildman–Crippen MR) is 114 cm³/mol. The van der Waals surface area contributed by atoms with Crippen LogP contribution in [0.3, 0.4) is 0 Å². The molecule has 2 rings (SSSR count). The summed E-state index contributed by atoms with van der Waals surface area (Å²) in [5, 5.41) is 6.58. The highest BCUT2D eigenvalue weighted by Crippen LogP contribution is 2.18. The monoisotopic (exact) mass is 474 g/mol. The Morgan fingerprint density at radius 3 is 2.56 bits per heavy atom. The zero-order chi connectivity index (χ0) is 17.0. The van der Waals surface area contributed by atoms with Gasteiger partial charge < -0.3 is 10.6 Å². The highest BCUT2D eigenvalue weighted by molar-refractivity contribution is 14.0. The van der Waals surface area contributed by atoms with Crippen molar-refractivity contribution in [3.05, 3.63) is 60.2 Å². The molecule has 4 nitrogen and oxygen atoms in total. The highest BCUT2D eigenvalue weighted by atomic mass is 127. The summed E-state index contributed by atoms with van der Waals surface area (Å²) >= 11 is 1.73. The van der Waals surface area contributed by atoms with Crippen molar-refractivity contribution in [2.75, 3.05) is 25.9 Å². The van der Waals surface area contributed by atoms with Crippen molar-refractivity contribution in [3.8, 4) is 0 Å². The molecule has 1 aromatic heterocycles. The van der Waals surface area contributed by atoms with Gasteiger partial charge in [-0.2, -0.15) is 0 Å². The summed E-state index contributed by atoms with van der Waals surface area (Å²) in [6, 6.07) is 12.5. The fourth-order valence-corrected chi connectivity index (χ4v) is 2.93. The number of guanidine groups is 1. The largest absolute Gasteiger partial charge is 0.356 e. The number of nitrogens with one attached hydrogen (secondary N) is 2. The number of halogens is 2. The van der Waals surface area contributed by atoms with Gasteiger partial charge in [-0.3, -0.25) is 9.98 Å². The summed E-state index contributed by atoms with van der Waals surface area (Å²) in [7, 11) is 1.77. The maximum Gasteiger partial charge on any atom is 0.190 e. The van der Waals surface area contributed by atoms with E-state index in [0.717, 1.165) is 48.2 Å². The van der Waals surface area contributed by atoms with Gasteiger partial charge in [0.05, 0.1) is 0 Å². The Labute approximate surface area is 170 Å². The first kappa shape index (κ1) is 21.7. The van der Waals surface area contributed by atoms with E-state index in [4.69, 9.17) is 0 Å². The minimum absolute atomic E-state index is 0. The van der Waals surface area contributed by atoms with Crippen LogP contribution in [0.4, 0.5) is 4.39 Å². The topological polar surface area (TPSA) is 49.3 Å². The van der Waals surface area contributed by atoms with E-state index in [9.17, 15) is 4.39 Å². The van der Waals surface area contributed by atoms with E-state index in [2.05, 4.69) is 20.6 Å². The van der Waals surface area contributed by atoms with Crippen LogP contribution in [0, 0.1) is 5.82 Å². The molecule has 0 amide bonds. The quantitative estimate of drug-likeness (QED) is 0.201. The first-order valence-corrected chi connectivity index (χ1v) is 8.99. The number of benzene rings is 1. The maximum atomic E-state index is 12.8. The van der Waals surface area contributed by atoms with Crippen molar-refractivity contribution in [3.63, 3.8) is 0 Å². The summed E-state index contributed by atoms with van der Waals surface area (Å²) in [4.78, 5) is 9.60. The van der Waals surface area contributed by atoms with Crippen molar-refractivity contribution in [2.24, 2.45) is 4.99 Å². The lowest BCUT2D eigenvalue weighted by molar-refractivity contribution is 0.626. The van der Waals surface area contributed by atoms with Gasteiger partial charge in [0.2, 0.25) is 0 Å². The first-order chi connectivity index (χ1) is 11.8. The molecule has 0 aliphatic carbocycles. The van der Waals surface area contributed by atoms with Crippen LogP contribution >= 0.6 is 35.7 Å². The predicted octanol–water partition coefficient (Wildman–Crippen LogP) is 3.73. The number of hydrogen-bond donors (Lipinski definition) is 2. The van der Waals surface area contributed by atoms with Crippen LogP contribution in [0.1, 0.15) is 12.1 Å². The van der Waals surface area contributed by atoms with Crippen molar-refractivity contribution >= 4 is 41.7 Å². The normalized spacial score (nSPS) is 10.9. The van der Waals surface area contributed by atoms with E-state index < -0.39 is 0 Å². The standard InChI is InChI=1S/C18H23FN4S.HI/c1-20-18(23-13-10-16-5-2-3-11-21-16)22-12-4-14-24-17-8-6-15(19)7-9-17;/h2-3,5-9,11H,4,10,12-14H2,1H3,(H2,20,22,23);1H. The van der Waals surface area contributed by atoms with E-state index in [-0.39, 0.29) is 29.8 Å². The highest BCUT2D eigenvalue weighted by Gasteiger charge is 1.99. The summed E-state index contributed by atoms with van der Waals surface area (Å²) < 4.78 is 12.8. The molecule has 136 valence electrons. The lowest BCUT2D eigenvalue weighted by Crippen LogP contribution is -2.38. The molecule has 0 saturated heterocycles. The van der Waals surface area contributed by atoms with Gasteiger partial charge in [0.15, 0.2) is 5.96 Å². The van der Waals surface area contributed by atoms with E-state index in [0.29, 0.717) is 0 Å². The molecule has 0 bridgehead atoms. The molecule has 0 aliphatic rings. The van der Waals surface area contributed by atoms with Crippen molar-refractivity contribution < 1.29 is 4.39 Å². The zero-order valence-electron chi connectivity index (χ0n) is 14.2. The van der Waals surface area contributed by atoms with Crippen LogP contribution in [0.2, 0.25) is 0 Å². The molecule has 0 radical (unpaired) electrons. The van der Waals surface area contributed by atoms with E-state index >= 15 is 0 Å². The zero-order valence-corrected chi connectivity index (χ0v) is 17.4. The number of nitrogens with zero attached hydrogens (tertiary/aromatic N) is 2. The lowest BCUT2D eigenvalue weighted by Gasteiger charge is -2.11.